The van der Waals surface area contributed by atoms with Crippen LogP contribution < -0.4 is 0 Å². The van der Waals surface area contributed by atoms with Crippen molar-refractivity contribution in [2.24, 2.45) is 0 Å². The van der Waals surface area contributed by atoms with E-state index in [4.69, 9.17) is 0 Å². The third-order valence-corrected chi connectivity index (χ3v) is 5.32. The molecule has 6 heteroatoms. The van der Waals surface area contributed by atoms with Gasteiger partial charge in [-0.3, -0.25) is 9.59 Å². The molecular weight excluding hydrogens is 350 g/mol. The summed E-state index contributed by atoms with van der Waals surface area (Å²) in [5.74, 6) is -0.905. The van der Waals surface area contributed by atoms with Crippen LogP contribution in [-0.4, -0.2) is 38.8 Å². The Morgan fingerprint density at radius 2 is 1.65 bits per heavy atom. The Bertz CT molecular complexity index is 822. The zero-order chi connectivity index (χ0) is 18.5. The van der Waals surface area contributed by atoms with Crippen LogP contribution in [0, 0.1) is 0 Å². The lowest BCUT2D eigenvalue weighted by molar-refractivity contribution is -0.151. The fourth-order valence-corrected chi connectivity index (χ4v) is 3.80. The molecule has 0 bridgehead atoms. The summed E-state index contributed by atoms with van der Waals surface area (Å²) in [5, 5.41) is 9.41. The van der Waals surface area contributed by atoms with Crippen LogP contribution in [0.25, 0.3) is 0 Å². The number of carbonyl (C=O) groups is 3. The number of benzene rings is 2. The minimum absolute atomic E-state index is 0.0859. The van der Waals surface area contributed by atoms with Gasteiger partial charge in [0.1, 0.15) is 6.04 Å². The van der Waals surface area contributed by atoms with Gasteiger partial charge in [-0.2, -0.15) is 0 Å². The third kappa shape index (κ3) is 4.14. The van der Waals surface area contributed by atoms with E-state index in [1.54, 1.807) is 24.3 Å². The maximum atomic E-state index is 12.6. The Morgan fingerprint density at radius 3 is 2.35 bits per heavy atom. The van der Waals surface area contributed by atoms with Gasteiger partial charge in [0.25, 0.3) is 0 Å². The maximum Gasteiger partial charge on any atom is 0.326 e. The molecule has 1 amide bonds. The molecule has 1 N–H and O–H groups in total. The molecule has 0 saturated carbocycles. The van der Waals surface area contributed by atoms with Gasteiger partial charge in [0.15, 0.2) is 0 Å². The molecule has 0 spiro atoms. The molecule has 2 aromatic carbocycles. The van der Waals surface area contributed by atoms with Gasteiger partial charge in [-0.25, -0.2) is 4.79 Å². The number of thioether (sulfide) groups is 1. The molecule has 1 aliphatic heterocycles. The minimum Gasteiger partial charge on any atom is -0.480 e. The fourth-order valence-electron chi connectivity index (χ4n) is 3.04. The highest BCUT2D eigenvalue weighted by molar-refractivity contribution is 8.14. The fraction of sp³-hybridized carbons (Fsp3) is 0.250. The standard InChI is InChI=1S/C20H19NO4S/c22-18(10-11-26-20(25)14-6-2-1-3-7-14)21-13-16-9-5-4-8-15(16)12-17(21)19(23)24/h1-9,17H,10-13H2,(H,23,24). The van der Waals surface area contributed by atoms with Crippen LogP contribution in [0.1, 0.15) is 27.9 Å². The van der Waals surface area contributed by atoms with Crippen molar-refractivity contribution in [2.45, 2.75) is 25.4 Å². The predicted octanol–water partition coefficient (Wildman–Crippen LogP) is 2.99. The summed E-state index contributed by atoms with van der Waals surface area (Å²) in [6.07, 6.45) is 0.447. The molecule has 0 radical (unpaired) electrons. The summed E-state index contributed by atoms with van der Waals surface area (Å²) >= 11 is 1.08. The molecule has 1 atom stereocenters. The van der Waals surface area contributed by atoms with Gasteiger partial charge in [0.2, 0.25) is 11.0 Å². The van der Waals surface area contributed by atoms with Crippen molar-refractivity contribution < 1.29 is 19.5 Å². The molecule has 0 aliphatic carbocycles. The normalized spacial score (nSPS) is 16.0. The first-order valence-electron chi connectivity index (χ1n) is 8.37. The highest BCUT2D eigenvalue weighted by atomic mass is 32.2. The van der Waals surface area contributed by atoms with Gasteiger partial charge in [-0.05, 0) is 11.1 Å². The monoisotopic (exact) mass is 369 g/mol. The lowest BCUT2D eigenvalue weighted by atomic mass is 9.94. The van der Waals surface area contributed by atoms with Crippen molar-refractivity contribution in [1.29, 1.82) is 0 Å². The second kappa shape index (κ2) is 8.19. The topological polar surface area (TPSA) is 74.7 Å². The molecule has 3 rings (SSSR count). The summed E-state index contributed by atoms with van der Waals surface area (Å²) in [6, 6.07) is 15.6. The summed E-state index contributed by atoms with van der Waals surface area (Å²) in [5.41, 5.74) is 2.55. The second-order valence-corrected chi connectivity index (χ2v) is 7.17. The average molecular weight is 369 g/mol. The minimum atomic E-state index is -0.999. The van der Waals surface area contributed by atoms with Crippen LogP contribution in [0.4, 0.5) is 0 Å². The number of nitrogens with zero attached hydrogens (tertiary/aromatic N) is 1. The summed E-state index contributed by atoms with van der Waals surface area (Å²) < 4.78 is 0. The quantitative estimate of drug-likeness (QED) is 0.877. The predicted molar refractivity (Wildman–Crippen MR) is 100.0 cm³/mol. The van der Waals surface area contributed by atoms with E-state index in [0.717, 1.165) is 22.9 Å². The SMILES string of the molecule is O=C(SCCC(=O)N1Cc2ccccc2CC1C(=O)O)c1ccccc1. The van der Waals surface area contributed by atoms with Crippen molar-refractivity contribution in [1.82, 2.24) is 4.90 Å². The summed E-state index contributed by atoms with van der Waals surface area (Å²) in [7, 11) is 0. The van der Waals surface area contributed by atoms with Crippen molar-refractivity contribution in [3.63, 3.8) is 0 Å². The zero-order valence-electron chi connectivity index (χ0n) is 14.1. The number of carbonyl (C=O) groups excluding carboxylic acids is 2. The highest BCUT2D eigenvalue weighted by Crippen LogP contribution is 2.24. The van der Waals surface area contributed by atoms with Crippen molar-refractivity contribution in [3.05, 3.63) is 71.3 Å². The van der Waals surface area contributed by atoms with E-state index < -0.39 is 12.0 Å². The van der Waals surface area contributed by atoms with Gasteiger partial charge in [-0.15, -0.1) is 0 Å². The van der Waals surface area contributed by atoms with E-state index in [9.17, 15) is 19.5 Å². The smallest absolute Gasteiger partial charge is 0.326 e. The number of amides is 1. The number of rotatable bonds is 5. The van der Waals surface area contributed by atoms with Crippen molar-refractivity contribution in [2.75, 3.05) is 5.75 Å². The van der Waals surface area contributed by atoms with E-state index in [1.165, 1.54) is 4.90 Å². The first-order valence-corrected chi connectivity index (χ1v) is 9.36. The van der Waals surface area contributed by atoms with E-state index in [2.05, 4.69) is 0 Å². The van der Waals surface area contributed by atoms with E-state index in [1.807, 2.05) is 30.3 Å². The first-order chi connectivity index (χ1) is 12.6. The van der Waals surface area contributed by atoms with Gasteiger partial charge in [0, 0.05) is 30.7 Å². The van der Waals surface area contributed by atoms with Gasteiger partial charge >= 0.3 is 5.97 Å². The van der Waals surface area contributed by atoms with E-state index in [-0.39, 0.29) is 17.4 Å². The van der Waals surface area contributed by atoms with Gasteiger partial charge in [0.05, 0.1) is 0 Å². The molecule has 134 valence electrons. The zero-order valence-corrected chi connectivity index (χ0v) is 14.9. The molecule has 1 aliphatic rings. The summed E-state index contributed by atoms with van der Waals surface area (Å²) in [4.78, 5) is 37.7. The second-order valence-electron chi connectivity index (χ2n) is 6.10. The molecular formula is C20H19NO4S. The van der Waals surface area contributed by atoms with E-state index >= 15 is 0 Å². The number of hydrogen-bond donors (Lipinski definition) is 1. The third-order valence-electron chi connectivity index (χ3n) is 4.41. The Hall–Kier alpha value is -2.60. The van der Waals surface area contributed by atoms with Crippen molar-refractivity contribution in [3.8, 4) is 0 Å². The molecule has 1 heterocycles. The Kier molecular flexibility index (Phi) is 5.73. The number of carboxylic acids is 1. The van der Waals surface area contributed by atoms with Gasteiger partial charge < -0.3 is 10.0 Å². The molecule has 0 saturated heterocycles. The number of carboxylic acid groups (broad SMARTS) is 1. The van der Waals surface area contributed by atoms with Crippen LogP contribution in [0.5, 0.6) is 0 Å². The Balaban J connectivity index is 1.61. The van der Waals surface area contributed by atoms with Crippen LogP contribution in [-0.2, 0) is 22.6 Å². The lowest BCUT2D eigenvalue weighted by Crippen LogP contribution is -2.48. The van der Waals surface area contributed by atoms with Crippen LogP contribution in [0.2, 0.25) is 0 Å². The maximum absolute atomic E-state index is 12.6. The molecule has 26 heavy (non-hydrogen) atoms. The molecule has 0 fully saturated rings. The molecule has 1 unspecified atom stereocenters. The van der Waals surface area contributed by atoms with Crippen LogP contribution >= 0.6 is 11.8 Å². The highest BCUT2D eigenvalue weighted by Gasteiger charge is 2.34. The number of aliphatic carboxylic acids is 1. The molecule has 5 nitrogen and oxygen atoms in total. The number of hydrogen-bond acceptors (Lipinski definition) is 4. The largest absolute Gasteiger partial charge is 0.480 e. The average Bonchev–Trinajstić information content (AvgIpc) is 2.67. The Morgan fingerprint density at radius 1 is 1.00 bits per heavy atom. The van der Waals surface area contributed by atoms with E-state index in [0.29, 0.717) is 24.3 Å². The van der Waals surface area contributed by atoms with Crippen LogP contribution in [0.15, 0.2) is 54.6 Å². The van der Waals surface area contributed by atoms with Crippen molar-refractivity contribution >= 4 is 28.8 Å². The molecule has 0 aromatic heterocycles. The summed E-state index contributed by atoms with van der Waals surface area (Å²) in [6.45, 7) is 0.295. The lowest BCUT2D eigenvalue weighted by Gasteiger charge is -2.34. The van der Waals surface area contributed by atoms with Crippen LogP contribution in [0.3, 0.4) is 0 Å². The Labute approximate surface area is 156 Å². The molecule has 2 aromatic rings. The first kappa shape index (κ1) is 18.2. The number of fused-ring (bicyclic) bond motifs is 1. The van der Waals surface area contributed by atoms with Gasteiger partial charge in [-0.1, -0.05) is 66.4 Å².